The van der Waals surface area contributed by atoms with Crippen LogP contribution in [0.25, 0.3) is 0 Å². The van der Waals surface area contributed by atoms with Crippen molar-refractivity contribution in [2.24, 2.45) is 0 Å². The van der Waals surface area contributed by atoms with Crippen molar-refractivity contribution >= 4 is 6.03 Å². The first-order chi connectivity index (χ1) is 12.2. The highest BCUT2D eigenvalue weighted by Gasteiger charge is 2.33. The molecule has 7 nitrogen and oxygen atoms in total. The van der Waals surface area contributed by atoms with E-state index in [9.17, 15) is 4.79 Å². The Kier molecular flexibility index (Phi) is 4.82. The predicted molar refractivity (Wildman–Crippen MR) is 98.8 cm³/mol. The molecule has 2 unspecified atom stereocenters. The Balaban J connectivity index is 1.72. The van der Waals surface area contributed by atoms with Crippen LogP contribution >= 0.6 is 0 Å². The van der Waals surface area contributed by atoms with Crippen LogP contribution in [0, 0.1) is 13.8 Å². The molecule has 2 aromatic rings. The molecule has 142 valence electrons. The van der Waals surface area contributed by atoms with Crippen LogP contribution in [-0.2, 0) is 5.54 Å². The molecule has 2 atom stereocenters. The molecule has 3 heterocycles. The van der Waals surface area contributed by atoms with Crippen LogP contribution in [0.15, 0.2) is 16.8 Å². The second kappa shape index (κ2) is 6.78. The topological polar surface area (TPSA) is 76.2 Å². The molecule has 2 aromatic heterocycles. The fraction of sp³-hybridized carbons (Fsp3) is 0.632. The van der Waals surface area contributed by atoms with E-state index in [1.165, 1.54) is 0 Å². The predicted octanol–water partition coefficient (Wildman–Crippen LogP) is 3.85. The molecule has 0 aromatic carbocycles. The number of nitrogens with zero attached hydrogens (tertiary/aromatic N) is 4. The van der Waals surface area contributed by atoms with Crippen molar-refractivity contribution in [3.8, 4) is 0 Å². The van der Waals surface area contributed by atoms with Gasteiger partial charge in [-0.3, -0.25) is 4.68 Å². The Morgan fingerprint density at radius 3 is 2.69 bits per heavy atom. The first-order valence-corrected chi connectivity index (χ1v) is 9.24. The lowest BCUT2D eigenvalue weighted by atomic mass is 10.1. The molecule has 1 N–H and O–H groups in total. The zero-order valence-electron chi connectivity index (χ0n) is 16.5. The van der Waals surface area contributed by atoms with Crippen molar-refractivity contribution < 1.29 is 9.32 Å². The second-order valence-electron chi connectivity index (χ2n) is 8.18. The minimum atomic E-state index is -0.115. The van der Waals surface area contributed by atoms with Gasteiger partial charge in [-0.25, -0.2) is 4.79 Å². The van der Waals surface area contributed by atoms with Gasteiger partial charge in [0.05, 0.1) is 29.0 Å². The lowest BCUT2D eigenvalue weighted by Gasteiger charge is -2.25. The van der Waals surface area contributed by atoms with Crippen LogP contribution in [0.1, 0.15) is 75.3 Å². The number of carbonyl (C=O) groups is 1. The third-order valence-electron chi connectivity index (χ3n) is 4.92. The van der Waals surface area contributed by atoms with Crippen molar-refractivity contribution in [3.63, 3.8) is 0 Å². The Morgan fingerprint density at radius 1 is 1.38 bits per heavy atom. The molecule has 1 aliphatic rings. The first kappa shape index (κ1) is 18.5. The number of likely N-dealkylation sites (tertiary alicyclic amines) is 1. The molecular formula is C19H29N5O2. The molecule has 26 heavy (non-hydrogen) atoms. The molecule has 1 saturated heterocycles. The van der Waals surface area contributed by atoms with E-state index in [2.05, 4.69) is 36.3 Å². The number of hydrogen-bond donors (Lipinski definition) is 1. The van der Waals surface area contributed by atoms with E-state index in [4.69, 9.17) is 4.52 Å². The van der Waals surface area contributed by atoms with Crippen LogP contribution in [-0.4, -0.2) is 32.4 Å². The van der Waals surface area contributed by atoms with Crippen LogP contribution in [0.4, 0.5) is 4.79 Å². The van der Waals surface area contributed by atoms with Gasteiger partial charge in [-0.1, -0.05) is 5.16 Å². The number of rotatable bonds is 3. The molecule has 0 radical (unpaired) electrons. The minimum Gasteiger partial charge on any atom is -0.359 e. The van der Waals surface area contributed by atoms with Crippen molar-refractivity contribution in [1.29, 1.82) is 0 Å². The van der Waals surface area contributed by atoms with Crippen molar-refractivity contribution in [1.82, 2.24) is 25.2 Å². The highest BCUT2D eigenvalue weighted by atomic mass is 16.5. The SMILES string of the molecule is Cc1cc(C2CCCN2C(=O)NC(C)c2cn(C(C)(C)C)nc2C)on1. The highest BCUT2D eigenvalue weighted by molar-refractivity contribution is 5.75. The highest BCUT2D eigenvalue weighted by Crippen LogP contribution is 2.32. The average molecular weight is 359 g/mol. The third kappa shape index (κ3) is 3.61. The summed E-state index contributed by atoms with van der Waals surface area (Å²) in [5, 5.41) is 11.7. The second-order valence-corrected chi connectivity index (χ2v) is 8.18. The number of carbonyl (C=O) groups excluding carboxylic acids is 1. The maximum atomic E-state index is 12.9. The monoisotopic (exact) mass is 359 g/mol. The maximum Gasteiger partial charge on any atom is 0.318 e. The van der Waals surface area contributed by atoms with Gasteiger partial charge >= 0.3 is 6.03 Å². The van der Waals surface area contributed by atoms with Gasteiger partial charge < -0.3 is 14.7 Å². The zero-order chi connectivity index (χ0) is 19.1. The molecule has 1 fully saturated rings. The van der Waals surface area contributed by atoms with Crippen LogP contribution in [0.5, 0.6) is 0 Å². The van der Waals surface area contributed by atoms with Crippen LogP contribution in [0.3, 0.4) is 0 Å². The number of hydrogen-bond acceptors (Lipinski definition) is 4. The van der Waals surface area contributed by atoms with Crippen LogP contribution < -0.4 is 5.32 Å². The van der Waals surface area contributed by atoms with E-state index >= 15 is 0 Å². The van der Waals surface area contributed by atoms with Gasteiger partial charge in [0.2, 0.25) is 0 Å². The van der Waals surface area contributed by atoms with E-state index in [0.717, 1.165) is 42.1 Å². The van der Waals surface area contributed by atoms with Gasteiger partial charge in [0, 0.05) is 24.4 Å². The van der Waals surface area contributed by atoms with Gasteiger partial charge in [-0.2, -0.15) is 5.10 Å². The Bertz CT molecular complexity index is 786. The standard InChI is InChI=1S/C19H29N5O2/c1-12-10-17(26-22-12)16-8-7-9-23(16)18(25)20-13(2)15-11-24(19(4,5)6)21-14(15)3/h10-11,13,16H,7-9H2,1-6H3,(H,20,25). The summed E-state index contributed by atoms with van der Waals surface area (Å²) in [6.45, 7) is 12.9. The molecule has 0 spiro atoms. The smallest absolute Gasteiger partial charge is 0.318 e. The maximum absolute atomic E-state index is 12.9. The number of aryl methyl sites for hydroxylation is 2. The van der Waals surface area contributed by atoms with E-state index in [1.54, 1.807) is 0 Å². The molecule has 0 saturated carbocycles. The normalized spacial score (nSPS) is 19.0. The molecule has 3 rings (SSSR count). The Morgan fingerprint density at radius 2 is 2.12 bits per heavy atom. The number of aromatic nitrogens is 3. The number of urea groups is 1. The lowest BCUT2D eigenvalue weighted by Crippen LogP contribution is -2.40. The Hall–Kier alpha value is -2.31. The largest absolute Gasteiger partial charge is 0.359 e. The number of nitrogens with one attached hydrogen (secondary N) is 1. The van der Waals surface area contributed by atoms with E-state index < -0.39 is 0 Å². The summed E-state index contributed by atoms with van der Waals surface area (Å²) in [7, 11) is 0. The summed E-state index contributed by atoms with van der Waals surface area (Å²) in [4.78, 5) is 14.7. The summed E-state index contributed by atoms with van der Waals surface area (Å²) in [6, 6.07) is 1.69. The van der Waals surface area contributed by atoms with Gasteiger partial charge in [0.25, 0.3) is 0 Å². The zero-order valence-corrected chi connectivity index (χ0v) is 16.5. The first-order valence-electron chi connectivity index (χ1n) is 9.24. The third-order valence-corrected chi connectivity index (χ3v) is 4.92. The van der Waals surface area contributed by atoms with Crippen molar-refractivity contribution in [3.05, 3.63) is 35.0 Å². The molecule has 7 heteroatoms. The van der Waals surface area contributed by atoms with Gasteiger partial charge in [0.15, 0.2) is 5.76 Å². The fourth-order valence-electron chi connectivity index (χ4n) is 3.43. The molecular weight excluding hydrogens is 330 g/mol. The van der Waals surface area contributed by atoms with Crippen LogP contribution in [0.2, 0.25) is 0 Å². The van der Waals surface area contributed by atoms with E-state index in [-0.39, 0.29) is 23.7 Å². The van der Waals surface area contributed by atoms with Gasteiger partial charge in [0.1, 0.15) is 0 Å². The number of amides is 2. The summed E-state index contributed by atoms with van der Waals surface area (Å²) in [6.07, 6.45) is 3.90. The summed E-state index contributed by atoms with van der Waals surface area (Å²) >= 11 is 0. The Labute approximate surface area is 154 Å². The molecule has 1 aliphatic heterocycles. The van der Waals surface area contributed by atoms with Crippen molar-refractivity contribution in [2.75, 3.05) is 6.54 Å². The summed E-state index contributed by atoms with van der Waals surface area (Å²) in [5.74, 6) is 0.763. The quantitative estimate of drug-likeness (QED) is 0.903. The fourth-order valence-corrected chi connectivity index (χ4v) is 3.43. The lowest BCUT2D eigenvalue weighted by molar-refractivity contribution is 0.179. The van der Waals surface area contributed by atoms with E-state index in [0.29, 0.717) is 0 Å². The van der Waals surface area contributed by atoms with Gasteiger partial charge in [-0.15, -0.1) is 0 Å². The molecule has 0 bridgehead atoms. The summed E-state index contributed by atoms with van der Waals surface area (Å²) < 4.78 is 7.35. The van der Waals surface area contributed by atoms with E-state index in [1.807, 2.05) is 42.6 Å². The molecule has 2 amide bonds. The van der Waals surface area contributed by atoms with Gasteiger partial charge in [-0.05, 0) is 54.4 Å². The minimum absolute atomic E-state index is 0.0400. The molecule has 0 aliphatic carbocycles. The van der Waals surface area contributed by atoms with Crippen molar-refractivity contribution in [2.45, 2.75) is 72.0 Å². The average Bonchev–Trinajstić information content (AvgIpc) is 3.24. The summed E-state index contributed by atoms with van der Waals surface area (Å²) in [5.41, 5.74) is 2.73.